The van der Waals surface area contributed by atoms with Gasteiger partial charge < -0.3 is 19.8 Å². The van der Waals surface area contributed by atoms with Crippen molar-refractivity contribution >= 4 is 13.7 Å². The molecule has 9 heteroatoms. The normalized spacial score (nSPS) is 14.2. The number of aliphatic hydroxyl groups is 1. The summed E-state index contributed by atoms with van der Waals surface area (Å²) in [6, 6.07) is -0.868. The Balaban J connectivity index is 4.20. The zero-order chi connectivity index (χ0) is 54.2. The van der Waals surface area contributed by atoms with Crippen LogP contribution in [0.25, 0.3) is 0 Å². The van der Waals surface area contributed by atoms with Gasteiger partial charge in [0.05, 0.1) is 39.9 Å². The summed E-state index contributed by atoms with van der Waals surface area (Å²) in [6.07, 6.45) is 76.3. The minimum Gasteiger partial charge on any atom is -0.387 e. The summed E-state index contributed by atoms with van der Waals surface area (Å²) in [5.74, 6) is -0.187. The molecule has 0 aromatic carbocycles. The lowest BCUT2D eigenvalue weighted by atomic mass is 10.0. The third-order valence-corrected chi connectivity index (χ3v) is 15.2. The molecule has 0 bridgehead atoms. The average Bonchev–Trinajstić information content (AvgIpc) is 3.36. The smallest absolute Gasteiger partial charge is 0.387 e. The number of hydrogen-bond donors (Lipinski definition) is 3. The predicted octanol–water partition coefficient (Wildman–Crippen LogP) is 19.7. The van der Waals surface area contributed by atoms with E-state index in [2.05, 4.69) is 67.8 Å². The van der Waals surface area contributed by atoms with Crippen molar-refractivity contribution in [1.29, 1.82) is 0 Å². The molecule has 0 rings (SSSR count). The molecular formula is C65H124N2O6P+. The van der Waals surface area contributed by atoms with E-state index in [4.69, 9.17) is 9.05 Å². The van der Waals surface area contributed by atoms with Crippen LogP contribution < -0.4 is 5.32 Å². The number of hydrogen-bond acceptors (Lipinski definition) is 5. The van der Waals surface area contributed by atoms with E-state index in [1.807, 2.05) is 27.2 Å². The zero-order valence-electron chi connectivity index (χ0n) is 49.6. The first-order valence-corrected chi connectivity index (χ1v) is 33.2. The standard InChI is InChI=1S/C65H123N2O6P/c1-6-8-10-12-14-16-18-20-22-24-26-28-30-32-33-35-37-39-41-43-45-47-49-51-53-55-57-59-65(69)66-63(62-73-74(70,71)72-61-60-67(3,4)5)64(68)58-56-54-52-50-48-46-44-42-40-38-36-34-31-29-27-25-23-21-19-17-15-13-11-9-7-2/h18,20,24,26,30,32,48,50,56,58,63-64,68H,6-17,19,21-23,25,27-29,31,33-47,49,51-55,57,59-62H2,1-5H3,(H-,66,69,70,71)/p+1/b20-18-,26-24-,32-30-,50-48+,58-56+. The Bertz CT molecular complexity index is 1390. The third-order valence-electron chi connectivity index (χ3n) is 14.2. The quantitative estimate of drug-likeness (QED) is 0.0243. The Kier molecular flexibility index (Phi) is 54.6. The molecule has 0 spiro atoms. The van der Waals surface area contributed by atoms with Crippen LogP contribution in [0.5, 0.6) is 0 Å². The molecule has 1 amide bonds. The number of nitrogens with zero attached hydrogens (tertiary/aromatic N) is 1. The summed E-state index contributed by atoms with van der Waals surface area (Å²) in [5, 5.41) is 14.0. The molecule has 0 saturated heterocycles. The van der Waals surface area contributed by atoms with Gasteiger partial charge in [-0.2, -0.15) is 0 Å². The van der Waals surface area contributed by atoms with Crippen LogP contribution in [-0.2, 0) is 18.4 Å². The maximum atomic E-state index is 13.0. The Hall–Kier alpha value is -1.80. The van der Waals surface area contributed by atoms with E-state index >= 15 is 0 Å². The topological polar surface area (TPSA) is 105 Å². The fourth-order valence-electron chi connectivity index (χ4n) is 9.24. The highest BCUT2D eigenvalue weighted by molar-refractivity contribution is 7.47. The number of quaternary nitrogens is 1. The fraction of sp³-hybridized carbons (Fsp3) is 0.831. The van der Waals surface area contributed by atoms with Crippen LogP contribution in [0.4, 0.5) is 0 Å². The van der Waals surface area contributed by atoms with Crippen molar-refractivity contribution in [1.82, 2.24) is 5.32 Å². The second-order valence-corrected chi connectivity index (χ2v) is 24.2. The van der Waals surface area contributed by atoms with E-state index in [9.17, 15) is 19.4 Å². The van der Waals surface area contributed by atoms with Crippen LogP contribution in [0.1, 0.15) is 296 Å². The molecule has 8 nitrogen and oxygen atoms in total. The van der Waals surface area contributed by atoms with E-state index < -0.39 is 20.0 Å². The largest absolute Gasteiger partial charge is 0.472 e. The van der Waals surface area contributed by atoms with Crippen molar-refractivity contribution in [3.63, 3.8) is 0 Å². The molecule has 0 heterocycles. The number of carbonyl (C=O) groups is 1. The van der Waals surface area contributed by atoms with Crippen LogP contribution >= 0.6 is 7.82 Å². The van der Waals surface area contributed by atoms with Gasteiger partial charge in [-0.25, -0.2) is 4.57 Å². The van der Waals surface area contributed by atoms with E-state index in [-0.39, 0.29) is 19.1 Å². The molecule has 0 radical (unpaired) electrons. The van der Waals surface area contributed by atoms with Crippen LogP contribution in [0, 0.1) is 0 Å². The lowest BCUT2D eigenvalue weighted by Crippen LogP contribution is -2.45. The molecule has 74 heavy (non-hydrogen) atoms. The number of likely N-dealkylation sites (N-methyl/N-ethyl adjacent to an activating group) is 1. The average molecular weight is 1060 g/mol. The number of allylic oxidation sites excluding steroid dienone is 9. The van der Waals surface area contributed by atoms with Crippen LogP contribution in [0.15, 0.2) is 60.8 Å². The number of carbonyl (C=O) groups excluding carboxylic acids is 1. The molecule has 0 saturated carbocycles. The third kappa shape index (κ3) is 57.9. The second kappa shape index (κ2) is 55.9. The highest BCUT2D eigenvalue weighted by Crippen LogP contribution is 2.43. The van der Waals surface area contributed by atoms with Gasteiger partial charge in [-0.3, -0.25) is 13.8 Å². The molecule has 0 aliphatic heterocycles. The van der Waals surface area contributed by atoms with Crippen molar-refractivity contribution in [3.05, 3.63) is 60.8 Å². The first-order valence-electron chi connectivity index (χ1n) is 31.7. The molecule has 434 valence electrons. The first kappa shape index (κ1) is 72.2. The number of aliphatic hydroxyl groups excluding tert-OH is 1. The summed E-state index contributed by atoms with van der Waals surface area (Å²) in [5.41, 5.74) is 0. The van der Waals surface area contributed by atoms with Crippen molar-refractivity contribution in [2.45, 2.75) is 309 Å². The maximum Gasteiger partial charge on any atom is 0.472 e. The second-order valence-electron chi connectivity index (χ2n) is 22.8. The Morgan fingerprint density at radius 1 is 0.459 bits per heavy atom. The Labute approximate surface area is 460 Å². The highest BCUT2D eigenvalue weighted by atomic mass is 31.2. The summed E-state index contributed by atoms with van der Waals surface area (Å²) >= 11 is 0. The van der Waals surface area contributed by atoms with Crippen molar-refractivity contribution in [2.24, 2.45) is 0 Å². The summed E-state index contributed by atoms with van der Waals surface area (Å²) in [7, 11) is 1.56. The number of phosphoric acid groups is 1. The van der Waals surface area contributed by atoms with E-state index in [0.29, 0.717) is 17.4 Å². The molecule has 0 aromatic heterocycles. The zero-order valence-corrected chi connectivity index (χ0v) is 50.5. The molecule has 0 aliphatic carbocycles. The van der Waals surface area contributed by atoms with Gasteiger partial charge in [0.1, 0.15) is 13.2 Å². The minimum atomic E-state index is -4.36. The monoisotopic (exact) mass is 1060 g/mol. The van der Waals surface area contributed by atoms with Gasteiger partial charge >= 0.3 is 7.82 Å². The first-order chi connectivity index (χ1) is 36.0. The summed E-state index contributed by atoms with van der Waals surface area (Å²) < 4.78 is 23.7. The lowest BCUT2D eigenvalue weighted by Gasteiger charge is -2.25. The Morgan fingerprint density at radius 3 is 1.18 bits per heavy atom. The van der Waals surface area contributed by atoms with Crippen LogP contribution in [0.2, 0.25) is 0 Å². The number of phosphoric ester groups is 1. The number of amides is 1. The number of nitrogens with one attached hydrogen (secondary N) is 1. The highest BCUT2D eigenvalue weighted by Gasteiger charge is 2.27. The predicted molar refractivity (Wildman–Crippen MR) is 323 cm³/mol. The molecule has 0 aliphatic rings. The summed E-state index contributed by atoms with van der Waals surface area (Å²) in [6.45, 7) is 4.81. The fourth-order valence-corrected chi connectivity index (χ4v) is 9.98. The van der Waals surface area contributed by atoms with E-state index in [1.165, 1.54) is 225 Å². The van der Waals surface area contributed by atoms with Gasteiger partial charge in [0.2, 0.25) is 5.91 Å². The SMILES string of the molecule is CCCCCCC/C=C\C/C=C\C/C=C\CCCCCCCCCCCCCCC(=O)NC(COP(=O)(O)OCC[N+](C)(C)C)C(O)/C=C/CC/C=C/CCCCCCCCCCCCCCCCCCCCC. The van der Waals surface area contributed by atoms with E-state index in [0.717, 1.165) is 51.4 Å². The minimum absolute atomic E-state index is 0.0546. The number of rotatable bonds is 58. The van der Waals surface area contributed by atoms with Gasteiger partial charge in [-0.15, -0.1) is 0 Å². The molecule has 0 aromatic rings. The molecule has 3 atom stereocenters. The molecular weight excluding hydrogens is 936 g/mol. The van der Waals surface area contributed by atoms with Crippen molar-refractivity contribution < 1.29 is 32.9 Å². The van der Waals surface area contributed by atoms with Gasteiger partial charge in [0.15, 0.2) is 0 Å². The van der Waals surface area contributed by atoms with Crippen LogP contribution in [0.3, 0.4) is 0 Å². The van der Waals surface area contributed by atoms with Crippen molar-refractivity contribution in [3.8, 4) is 0 Å². The lowest BCUT2D eigenvalue weighted by molar-refractivity contribution is -0.870. The van der Waals surface area contributed by atoms with Gasteiger partial charge in [0.25, 0.3) is 0 Å². The molecule has 3 N–H and O–H groups in total. The van der Waals surface area contributed by atoms with Gasteiger partial charge in [-0.05, 0) is 70.6 Å². The van der Waals surface area contributed by atoms with Gasteiger partial charge in [-0.1, -0.05) is 280 Å². The van der Waals surface area contributed by atoms with Crippen molar-refractivity contribution in [2.75, 3.05) is 40.9 Å². The number of unbranched alkanes of at least 4 members (excludes halogenated alkanes) is 37. The Morgan fingerprint density at radius 2 is 0.784 bits per heavy atom. The summed E-state index contributed by atoms with van der Waals surface area (Å²) in [4.78, 5) is 23.4. The maximum absolute atomic E-state index is 13.0. The molecule has 3 unspecified atom stereocenters. The van der Waals surface area contributed by atoms with Gasteiger partial charge in [0, 0.05) is 6.42 Å². The molecule has 0 fully saturated rings. The van der Waals surface area contributed by atoms with Crippen LogP contribution in [-0.4, -0.2) is 73.4 Å². The van der Waals surface area contributed by atoms with E-state index in [1.54, 1.807) is 6.08 Å².